The summed E-state index contributed by atoms with van der Waals surface area (Å²) < 4.78 is 0. The van der Waals surface area contributed by atoms with Gasteiger partial charge in [0.2, 0.25) is 5.91 Å². The number of carbonyl (C=O) groups excluding carboxylic acids is 2. The Kier molecular flexibility index (Phi) is 8.24. The zero-order valence-corrected chi connectivity index (χ0v) is 19.0. The van der Waals surface area contributed by atoms with Crippen molar-refractivity contribution in [2.24, 2.45) is 5.92 Å². The van der Waals surface area contributed by atoms with Gasteiger partial charge in [0.1, 0.15) is 0 Å². The average Bonchev–Trinajstić information content (AvgIpc) is 2.79. The molecule has 1 saturated carbocycles. The second-order valence-electron chi connectivity index (χ2n) is 8.87. The van der Waals surface area contributed by atoms with E-state index in [0.717, 1.165) is 37.8 Å². The van der Waals surface area contributed by atoms with Crippen molar-refractivity contribution in [3.8, 4) is 0 Å². The predicted molar refractivity (Wildman–Crippen MR) is 126 cm³/mol. The highest BCUT2D eigenvalue weighted by atomic mass is 16.2. The number of amides is 2. The number of nitrogens with zero attached hydrogens (tertiary/aromatic N) is 1. The van der Waals surface area contributed by atoms with Gasteiger partial charge in [-0.3, -0.25) is 14.5 Å². The number of rotatable bonds is 8. The molecule has 3 rings (SSSR count). The summed E-state index contributed by atoms with van der Waals surface area (Å²) in [6.07, 6.45) is 5.37. The molecule has 1 fully saturated rings. The maximum Gasteiger partial charge on any atom is 0.251 e. The quantitative estimate of drug-likeness (QED) is 0.632. The van der Waals surface area contributed by atoms with E-state index < -0.39 is 0 Å². The topological polar surface area (TPSA) is 61.4 Å². The smallest absolute Gasteiger partial charge is 0.251 e. The molecule has 5 nitrogen and oxygen atoms in total. The lowest BCUT2D eigenvalue weighted by atomic mass is 9.88. The third-order valence-corrected chi connectivity index (χ3v) is 6.23. The Balaban J connectivity index is 1.60. The van der Waals surface area contributed by atoms with Crippen LogP contribution >= 0.6 is 0 Å². The first-order valence-electron chi connectivity index (χ1n) is 11.4. The van der Waals surface area contributed by atoms with Gasteiger partial charge in [0, 0.05) is 36.3 Å². The van der Waals surface area contributed by atoms with Gasteiger partial charge in [-0.2, -0.15) is 0 Å². The zero-order valence-electron chi connectivity index (χ0n) is 19.0. The number of benzene rings is 2. The standard InChI is InChI=1S/C26H35N3O2/c1-19(2)29(3)18-23-13-8-7-12-22(23)17-27-25(30)21-14-9-15-24(16-21)28-26(31)20-10-5-4-6-11-20/h7-9,12-16,19-20H,4-6,10-11,17-18H2,1-3H3,(H,27,30)(H,28,31). The number of hydrogen-bond donors (Lipinski definition) is 2. The van der Waals surface area contributed by atoms with E-state index in [1.807, 2.05) is 24.3 Å². The molecule has 5 heteroatoms. The first-order chi connectivity index (χ1) is 14.9. The molecule has 2 aromatic carbocycles. The van der Waals surface area contributed by atoms with E-state index in [0.29, 0.717) is 23.8 Å². The molecule has 2 amide bonds. The second kappa shape index (κ2) is 11.1. The molecule has 0 bridgehead atoms. The number of nitrogens with one attached hydrogen (secondary N) is 2. The summed E-state index contributed by atoms with van der Waals surface area (Å²) in [5, 5.41) is 6.03. The maximum absolute atomic E-state index is 12.8. The van der Waals surface area contributed by atoms with Crippen LogP contribution in [0.3, 0.4) is 0 Å². The van der Waals surface area contributed by atoms with E-state index >= 15 is 0 Å². The molecule has 0 aliphatic heterocycles. The van der Waals surface area contributed by atoms with Crippen LogP contribution in [0.25, 0.3) is 0 Å². The van der Waals surface area contributed by atoms with Crippen molar-refractivity contribution in [2.45, 2.75) is 65.1 Å². The molecular formula is C26H35N3O2. The summed E-state index contributed by atoms with van der Waals surface area (Å²) in [5.41, 5.74) is 3.57. The van der Waals surface area contributed by atoms with Gasteiger partial charge in [0.25, 0.3) is 5.91 Å². The van der Waals surface area contributed by atoms with Crippen LogP contribution in [0.5, 0.6) is 0 Å². The first-order valence-corrected chi connectivity index (χ1v) is 11.4. The van der Waals surface area contributed by atoms with Crippen LogP contribution in [0, 0.1) is 5.92 Å². The molecule has 1 aliphatic carbocycles. The molecule has 0 aromatic heterocycles. The van der Waals surface area contributed by atoms with Gasteiger partial charge in [-0.1, -0.05) is 49.6 Å². The van der Waals surface area contributed by atoms with Crippen LogP contribution in [-0.4, -0.2) is 29.8 Å². The fourth-order valence-electron chi connectivity index (χ4n) is 3.96. The van der Waals surface area contributed by atoms with E-state index in [1.54, 1.807) is 12.1 Å². The lowest BCUT2D eigenvalue weighted by molar-refractivity contribution is -0.120. The molecule has 31 heavy (non-hydrogen) atoms. The molecule has 166 valence electrons. The Morgan fingerprint density at radius 1 is 1.00 bits per heavy atom. The number of anilines is 1. The van der Waals surface area contributed by atoms with Crippen molar-refractivity contribution in [3.05, 3.63) is 65.2 Å². The van der Waals surface area contributed by atoms with Crippen LogP contribution in [0.15, 0.2) is 48.5 Å². The van der Waals surface area contributed by atoms with Gasteiger partial charge in [-0.25, -0.2) is 0 Å². The van der Waals surface area contributed by atoms with Crippen LogP contribution in [0.1, 0.15) is 67.4 Å². The minimum atomic E-state index is -0.138. The summed E-state index contributed by atoms with van der Waals surface area (Å²) >= 11 is 0. The number of hydrogen-bond acceptors (Lipinski definition) is 3. The summed E-state index contributed by atoms with van der Waals surface area (Å²) in [6, 6.07) is 15.9. The van der Waals surface area contributed by atoms with E-state index in [4.69, 9.17) is 0 Å². The lowest BCUT2D eigenvalue weighted by Gasteiger charge is -2.22. The van der Waals surface area contributed by atoms with Gasteiger partial charge in [-0.05, 0) is 63.1 Å². The van der Waals surface area contributed by atoms with Crippen molar-refractivity contribution in [1.82, 2.24) is 10.2 Å². The molecular weight excluding hydrogens is 386 g/mol. The van der Waals surface area contributed by atoms with Gasteiger partial charge in [0.05, 0.1) is 0 Å². The molecule has 2 aromatic rings. The van der Waals surface area contributed by atoms with Crippen LogP contribution < -0.4 is 10.6 Å². The van der Waals surface area contributed by atoms with Crippen molar-refractivity contribution >= 4 is 17.5 Å². The molecule has 2 N–H and O–H groups in total. The van der Waals surface area contributed by atoms with Crippen molar-refractivity contribution in [1.29, 1.82) is 0 Å². The zero-order chi connectivity index (χ0) is 22.2. The van der Waals surface area contributed by atoms with E-state index in [-0.39, 0.29) is 17.7 Å². The SMILES string of the molecule is CC(C)N(C)Cc1ccccc1CNC(=O)c1cccc(NC(=O)C2CCCCC2)c1. The van der Waals surface area contributed by atoms with Gasteiger partial charge < -0.3 is 10.6 Å². The third-order valence-electron chi connectivity index (χ3n) is 6.23. The normalized spacial score (nSPS) is 14.6. The summed E-state index contributed by atoms with van der Waals surface area (Å²) in [5.74, 6) is 0.0212. The Morgan fingerprint density at radius 2 is 1.71 bits per heavy atom. The highest BCUT2D eigenvalue weighted by molar-refractivity contribution is 5.97. The Morgan fingerprint density at radius 3 is 2.42 bits per heavy atom. The van der Waals surface area contributed by atoms with Gasteiger partial charge in [0.15, 0.2) is 0 Å². The van der Waals surface area contributed by atoms with Crippen molar-refractivity contribution < 1.29 is 9.59 Å². The van der Waals surface area contributed by atoms with E-state index in [9.17, 15) is 9.59 Å². The highest BCUT2D eigenvalue weighted by Crippen LogP contribution is 2.25. The number of carbonyl (C=O) groups is 2. The Hall–Kier alpha value is -2.66. The van der Waals surface area contributed by atoms with Gasteiger partial charge in [-0.15, -0.1) is 0 Å². The summed E-state index contributed by atoms with van der Waals surface area (Å²) in [6.45, 7) is 5.65. The maximum atomic E-state index is 12.8. The fourth-order valence-corrected chi connectivity index (χ4v) is 3.96. The van der Waals surface area contributed by atoms with Crippen LogP contribution in [0.4, 0.5) is 5.69 Å². The monoisotopic (exact) mass is 421 g/mol. The largest absolute Gasteiger partial charge is 0.348 e. The minimum Gasteiger partial charge on any atom is -0.348 e. The third kappa shape index (κ3) is 6.66. The predicted octanol–water partition coefficient (Wildman–Crippen LogP) is 4.98. The molecule has 0 radical (unpaired) electrons. The first kappa shape index (κ1) is 23.0. The molecule has 1 aliphatic rings. The van der Waals surface area contributed by atoms with Crippen molar-refractivity contribution in [3.63, 3.8) is 0 Å². The minimum absolute atomic E-state index is 0.0699. The Bertz CT molecular complexity index is 888. The highest BCUT2D eigenvalue weighted by Gasteiger charge is 2.21. The molecule has 0 heterocycles. The van der Waals surface area contributed by atoms with Crippen LogP contribution in [-0.2, 0) is 17.9 Å². The van der Waals surface area contributed by atoms with Crippen molar-refractivity contribution in [2.75, 3.05) is 12.4 Å². The summed E-state index contributed by atoms with van der Waals surface area (Å²) in [4.78, 5) is 27.6. The molecule has 0 spiro atoms. The van der Waals surface area contributed by atoms with E-state index in [2.05, 4.69) is 48.6 Å². The van der Waals surface area contributed by atoms with Crippen LogP contribution in [0.2, 0.25) is 0 Å². The molecule has 0 atom stereocenters. The van der Waals surface area contributed by atoms with E-state index in [1.165, 1.54) is 12.0 Å². The summed E-state index contributed by atoms with van der Waals surface area (Å²) in [7, 11) is 2.10. The average molecular weight is 422 g/mol. The molecule has 0 saturated heterocycles. The Labute approximate surface area is 186 Å². The fraction of sp³-hybridized carbons (Fsp3) is 0.462. The second-order valence-corrected chi connectivity index (χ2v) is 8.87. The van der Waals surface area contributed by atoms with Gasteiger partial charge >= 0.3 is 0 Å². The lowest BCUT2D eigenvalue weighted by Crippen LogP contribution is -2.28. The molecule has 0 unspecified atom stereocenters.